The summed E-state index contributed by atoms with van der Waals surface area (Å²) in [5.41, 5.74) is 0.0319. The number of hydrogen-bond donors (Lipinski definition) is 0. The van der Waals surface area contributed by atoms with Gasteiger partial charge < -0.3 is 0 Å². The molecule has 0 amide bonds. The minimum Gasteiger partial charge on any atom is -0.185 e. The number of alkyl halides is 3. The lowest BCUT2D eigenvalue weighted by molar-refractivity contribution is 0.0659. The fourth-order valence-electron chi connectivity index (χ4n) is 0.955. The molecule has 0 N–H and O–H groups in total. The van der Waals surface area contributed by atoms with Gasteiger partial charge in [-0.3, -0.25) is 0 Å². The Bertz CT molecular complexity index is 323. The minimum absolute atomic E-state index is 0.0319. The van der Waals surface area contributed by atoms with Crippen molar-refractivity contribution in [3.63, 3.8) is 0 Å². The van der Waals surface area contributed by atoms with Crippen LogP contribution in [0.2, 0.25) is 5.02 Å². The number of hydrogen-bond acceptors (Lipinski definition) is 2. The molecule has 0 radical (unpaired) electrons. The summed E-state index contributed by atoms with van der Waals surface area (Å²) in [4.78, 5) is 10.2. The summed E-state index contributed by atoms with van der Waals surface area (Å²) >= 11 is 10.3. The van der Waals surface area contributed by atoms with Crippen LogP contribution in [0.4, 0.5) is 8.78 Å². The van der Waals surface area contributed by atoms with Crippen molar-refractivity contribution in [2.45, 2.75) is 11.4 Å². The van der Waals surface area contributed by atoms with Gasteiger partial charge in [0.05, 0.1) is 0 Å². The predicted octanol–water partition coefficient (Wildman–Crippen LogP) is 3.98. The SMILES string of the molecule is O=NC(c1ccc(Cl)cc1)C(F)(F)Cl. The summed E-state index contributed by atoms with van der Waals surface area (Å²) in [7, 11) is 0. The van der Waals surface area contributed by atoms with Gasteiger partial charge in [0.25, 0.3) is 0 Å². The molecule has 0 saturated carbocycles. The molecule has 2 nitrogen and oxygen atoms in total. The fraction of sp³-hybridized carbons (Fsp3) is 0.250. The van der Waals surface area contributed by atoms with Gasteiger partial charge in [-0.25, -0.2) is 0 Å². The summed E-state index contributed by atoms with van der Waals surface area (Å²) in [6.45, 7) is 0. The van der Waals surface area contributed by atoms with Crippen molar-refractivity contribution >= 4 is 23.2 Å². The van der Waals surface area contributed by atoms with Crippen LogP contribution in [0.15, 0.2) is 29.4 Å². The molecular formula is C8H5Cl2F2NO. The van der Waals surface area contributed by atoms with Gasteiger partial charge in [-0.2, -0.15) is 8.78 Å². The Morgan fingerprint density at radius 1 is 1.29 bits per heavy atom. The average molecular weight is 240 g/mol. The molecule has 0 heterocycles. The topological polar surface area (TPSA) is 29.4 Å². The van der Waals surface area contributed by atoms with Gasteiger partial charge in [-0.1, -0.05) is 28.9 Å². The highest BCUT2D eigenvalue weighted by molar-refractivity contribution is 6.30. The Balaban J connectivity index is 3.02. The van der Waals surface area contributed by atoms with E-state index < -0.39 is 11.4 Å². The van der Waals surface area contributed by atoms with Crippen LogP contribution in [0, 0.1) is 4.91 Å². The van der Waals surface area contributed by atoms with E-state index in [4.69, 9.17) is 23.2 Å². The molecule has 76 valence electrons. The highest BCUT2D eigenvalue weighted by Crippen LogP contribution is 2.37. The Morgan fingerprint density at radius 3 is 2.14 bits per heavy atom. The molecule has 0 aromatic heterocycles. The van der Waals surface area contributed by atoms with E-state index in [1.807, 2.05) is 0 Å². The minimum atomic E-state index is -3.68. The summed E-state index contributed by atoms with van der Waals surface area (Å²) in [6.07, 6.45) is 0. The fourth-order valence-corrected chi connectivity index (χ4v) is 1.25. The van der Waals surface area contributed by atoms with E-state index in [9.17, 15) is 13.7 Å². The maximum absolute atomic E-state index is 12.6. The molecule has 0 aliphatic heterocycles. The van der Waals surface area contributed by atoms with Crippen molar-refractivity contribution in [1.82, 2.24) is 0 Å². The normalized spacial score (nSPS) is 13.7. The van der Waals surface area contributed by atoms with Crippen molar-refractivity contribution in [2.24, 2.45) is 5.18 Å². The first-order valence-electron chi connectivity index (χ1n) is 3.60. The maximum atomic E-state index is 12.6. The molecule has 0 spiro atoms. The molecule has 1 aromatic carbocycles. The van der Waals surface area contributed by atoms with Crippen LogP contribution in [0.5, 0.6) is 0 Å². The van der Waals surface area contributed by atoms with Gasteiger partial charge in [0.15, 0.2) is 6.04 Å². The molecule has 1 aromatic rings. The monoisotopic (exact) mass is 239 g/mol. The van der Waals surface area contributed by atoms with Crippen LogP contribution in [0.1, 0.15) is 11.6 Å². The molecule has 1 atom stereocenters. The van der Waals surface area contributed by atoms with Crippen LogP contribution >= 0.6 is 23.2 Å². The summed E-state index contributed by atoms with van der Waals surface area (Å²) in [6, 6.07) is 3.45. The first-order valence-corrected chi connectivity index (χ1v) is 4.35. The second kappa shape index (κ2) is 4.19. The molecular weight excluding hydrogens is 235 g/mol. The van der Waals surface area contributed by atoms with Crippen LogP contribution in [-0.4, -0.2) is 5.38 Å². The van der Waals surface area contributed by atoms with E-state index in [1.165, 1.54) is 24.3 Å². The molecule has 0 aliphatic rings. The summed E-state index contributed by atoms with van der Waals surface area (Å²) < 4.78 is 25.2. The Hall–Kier alpha value is -0.740. The van der Waals surface area contributed by atoms with Gasteiger partial charge in [-0.15, -0.1) is 4.91 Å². The van der Waals surface area contributed by atoms with Gasteiger partial charge in [0.1, 0.15) is 0 Å². The van der Waals surface area contributed by atoms with E-state index in [2.05, 4.69) is 5.18 Å². The molecule has 14 heavy (non-hydrogen) atoms. The smallest absolute Gasteiger partial charge is 0.185 e. The number of nitroso groups, excluding NO2 is 1. The number of halogens is 4. The van der Waals surface area contributed by atoms with E-state index >= 15 is 0 Å². The zero-order valence-corrected chi connectivity index (χ0v) is 8.27. The van der Waals surface area contributed by atoms with Crippen LogP contribution in [0.25, 0.3) is 0 Å². The summed E-state index contributed by atoms with van der Waals surface area (Å²) in [5.74, 6) is 0. The third-order valence-corrected chi connectivity index (χ3v) is 2.06. The van der Waals surface area contributed by atoms with Crippen LogP contribution < -0.4 is 0 Å². The second-order valence-electron chi connectivity index (χ2n) is 2.60. The lowest BCUT2D eigenvalue weighted by Crippen LogP contribution is -2.16. The average Bonchev–Trinajstić information content (AvgIpc) is 2.07. The number of rotatable bonds is 3. The van der Waals surface area contributed by atoms with Gasteiger partial charge in [-0.05, 0) is 29.3 Å². The quantitative estimate of drug-likeness (QED) is 0.580. The second-order valence-corrected chi connectivity index (χ2v) is 3.54. The molecule has 6 heteroatoms. The first kappa shape index (κ1) is 11.3. The van der Waals surface area contributed by atoms with Crippen molar-refractivity contribution in [2.75, 3.05) is 0 Å². The van der Waals surface area contributed by atoms with Gasteiger partial charge >= 0.3 is 5.38 Å². The molecule has 1 unspecified atom stereocenters. The van der Waals surface area contributed by atoms with Crippen molar-refractivity contribution in [3.8, 4) is 0 Å². The van der Waals surface area contributed by atoms with Crippen molar-refractivity contribution in [1.29, 1.82) is 0 Å². The predicted molar refractivity (Wildman–Crippen MR) is 50.8 cm³/mol. The van der Waals surface area contributed by atoms with E-state index in [0.29, 0.717) is 5.02 Å². The highest BCUT2D eigenvalue weighted by atomic mass is 35.5. The maximum Gasteiger partial charge on any atom is 0.351 e. The highest BCUT2D eigenvalue weighted by Gasteiger charge is 2.39. The molecule has 0 saturated heterocycles. The lowest BCUT2D eigenvalue weighted by atomic mass is 10.1. The van der Waals surface area contributed by atoms with E-state index in [1.54, 1.807) is 0 Å². The number of benzene rings is 1. The zero-order valence-electron chi connectivity index (χ0n) is 6.75. The zero-order chi connectivity index (χ0) is 10.8. The number of nitrogens with zero attached hydrogens (tertiary/aromatic N) is 1. The first-order chi connectivity index (χ1) is 6.45. The molecule has 1 rings (SSSR count). The Morgan fingerprint density at radius 2 is 1.79 bits per heavy atom. The van der Waals surface area contributed by atoms with Crippen molar-refractivity contribution in [3.05, 3.63) is 39.8 Å². The van der Waals surface area contributed by atoms with Gasteiger partial charge in [0.2, 0.25) is 0 Å². The van der Waals surface area contributed by atoms with E-state index in [-0.39, 0.29) is 5.56 Å². The van der Waals surface area contributed by atoms with Crippen LogP contribution in [-0.2, 0) is 0 Å². The molecule has 0 fully saturated rings. The molecule has 0 bridgehead atoms. The van der Waals surface area contributed by atoms with Gasteiger partial charge in [0, 0.05) is 5.02 Å². The third kappa shape index (κ3) is 2.62. The van der Waals surface area contributed by atoms with Crippen molar-refractivity contribution < 1.29 is 8.78 Å². The Kier molecular flexibility index (Phi) is 3.39. The van der Waals surface area contributed by atoms with E-state index in [0.717, 1.165) is 0 Å². The standard InChI is InChI=1S/C8H5Cl2F2NO/c9-6-3-1-5(2-4-6)7(13-14)8(10,11)12/h1-4,7H. The third-order valence-electron chi connectivity index (χ3n) is 1.60. The molecule has 0 aliphatic carbocycles. The lowest BCUT2D eigenvalue weighted by Gasteiger charge is -2.14. The Labute approximate surface area is 88.8 Å². The van der Waals surface area contributed by atoms with Crippen LogP contribution in [0.3, 0.4) is 0 Å². The summed E-state index contributed by atoms with van der Waals surface area (Å²) in [5, 5.41) is -1.02. The largest absolute Gasteiger partial charge is 0.351 e.